The first kappa shape index (κ1) is 8.06. The van der Waals surface area contributed by atoms with Crippen molar-refractivity contribution in [1.29, 1.82) is 0 Å². The molecule has 0 bridgehead atoms. The van der Waals surface area contributed by atoms with Crippen LogP contribution in [0.3, 0.4) is 0 Å². The van der Waals surface area contributed by atoms with E-state index in [0.29, 0.717) is 5.41 Å². The van der Waals surface area contributed by atoms with Crippen molar-refractivity contribution in [2.24, 2.45) is 11.3 Å². The molecule has 2 aliphatic rings. The van der Waals surface area contributed by atoms with Gasteiger partial charge in [0.25, 0.3) is 0 Å². The zero-order valence-corrected chi connectivity index (χ0v) is 7.93. The summed E-state index contributed by atoms with van der Waals surface area (Å²) in [5.74, 6) is 0.930. The summed E-state index contributed by atoms with van der Waals surface area (Å²) in [7, 11) is 0. The molecule has 1 nitrogen and oxygen atoms in total. The maximum atomic E-state index is 3.46. The topological polar surface area (TPSA) is 12.0 Å². The summed E-state index contributed by atoms with van der Waals surface area (Å²) < 4.78 is 0. The number of fused-ring (bicyclic) bond motifs is 1. The van der Waals surface area contributed by atoms with E-state index in [2.05, 4.69) is 37.4 Å². The Balaban J connectivity index is 2.18. The quantitative estimate of drug-likeness (QED) is 0.615. The molecule has 1 heterocycles. The minimum atomic E-state index is 0.543. The Kier molecular flexibility index (Phi) is 1.84. The number of hydrogen-bond acceptors (Lipinski definition) is 1. The van der Waals surface area contributed by atoms with Gasteiger partial charge in [0.05, 0.1) is 0 Å². The number of allylic oxidation sites excluding steroid dienone is 3. The Bertz CT molecular complexity index is 239. The number of rotatable bonds is 2. The summed E-state index contributed by atoms with van der Waals surface area (Å²) in [6.07, 6.45) is 8.10. The van der Waals surface area contributed by atoms with Crippen LogP contribution in [-0.4, -0.2) is 13.1 Å². The molecule has 2 fully saturated rings. The first-order valence-electron chi connectivity index (χ1n) is 4.83. The predicted molar refractivity (Wildman–Crippen MR) is 52.0 cm³/mol. The maximum Gasteiger partial charge on any atom is 0.0118 e. The number of nitrogens with one attached hydrogen (secondary N) is 1. The van der Waals surface area contributed by atoms with Crippen LogP contribution in [0.25, 0.3) is 0 Å². The van der Waals surface area contributed by atoms with E-state index in [9.17, 15) is 0 Å². The van der Waals surface area contributed by atoms with Crippen LogP contribution in [-0.2, 0) is 0 Å². The first-order chi connectivity index (χ1) is 5.83. The van der Waals surface area contributed by atoms with Crippen molar-refractivity contribution in [3.05, 3.63) is 23.8 Å². The van der Waals surface area contributed by atoms with Crippen molar-refractivity contribution in [1.82, 2.24) is 5.32 Å². The van der Waals surface area contributed by atoms with Gasteiger partial charge in [-0.3, -0.25) is 0 Å². The second-order valence-electron chi connectivity index (χ2n) is 3.93. The molecule has 0 amide bonds. The van der Waals surface area contributed by atoms with Crippen LogP contribution in [0.15, 0.2) is 23.8 Å². The van der Waals surface area contributed by atoms with Gasteiger partial charge in [-0.05, 0) is 38.3 Å². The van der Waals surface area contributed by atoms with Gasteiger partial charge in [-0.2, -0.15) is 0 Å². The lowest BCUT2D eigenvalue weighted by Gasteiger charge is -2.12. The van der Waals surface area contributed by atoms with Crippen molar-refractivity contribution in [3.63, 3.8) is 0 Å². The van der Waals surface area contributed by atoms with Gasteiger partial charge in [0, 0.05) is 12.0 Å². The molecule has 66 valence electrons. The Hall–Kier alpha value is -0.560. The summed E-state index contributed by atoms with van der Waals surface area (Å²) in [5, 5.41) is 3.46. The smallest absolute Gasteiger partial charge is 0.0118 e. The van der Waals surface area contributed by atoms with Gasteiger partial charge < -0.3 is 5.32 Å². The molecule has 0 aromatic heterocycles. The van der Waals surface area contributed by atoms with Gasteiger partial charge in [0.2, 0.25) is 0 Å². The summed E-state index contributed by atoms with van der Waals surface area (Å²) in [6, 6.07) is 0. The van der Waals surface area contributed by atoms with Crippen molar-refractivity contribution in [3.8, 4) is 0 Å². The van der Waals surface area contributed by atoms with Crippen LogP contribution in [0, 0.1) is 11.3 Å². The fourth-order valence-electron chi connectivity index (χ4n) is 2.52. The van der Waals surface area contributed by atoms with E-state index in [1.54, 1.807) is 5.57 Å². The van der Waals surface area contributed by atoms with Gasteiger partial charge in [-0.15, -0.1) is 0 Å². The molecule has 1 aliphatic carbocycles. The lowest BCUT2D eigenvalue weighted by Crippen LogP contribution is -2.17. The Labute approximate surface area is 74.5 Å². The fraction of sp³-hybridized carbons (Fsp3) is 0.636. The van der Waals surface area contributed by atoms with Crippen LogP contribution in [0.1, 0.15) is 20.3 Å². The molecule has 1 saturated heterocycles. The van der Waals surface area contributed by atoms with Gasteiger partial charge >= 0.3 is 0 Å². The molecule has 2 unspecified atom stereocenters. The SMILES string of the molecule is C/C=C\C(=C/C)C12CNCC1C2. The van der Waals surface area contributed by atoms with Crippen LogP contribution < -0.4 is 5.32 Å². The van der Waals surface area contributed by atoms with Crippen LogP contribution >= 0.6 is 0 Å². The molecule has 0 aromatic rings. The Morgan fingerprint density at radius 1 is 1.50 bits per heavy atom. The largest absolute Gasteiger partial charge is 0.316 e. The Morgan fingerprint density at radius 2 is 2.33 bits per heavy atom. The zero-order chi connectivity index (χ0) is 8.60. The summed E-state index contributed by atoms with van der Waals surface area (Å²) >= 11 is 0. The van der Waals surface area contributed by atoms with Gasteiger partial charge in [0.1, 0.15) is 0 Å². The summed E-state index contributed by atoms with van der Waals surface area (Å²) in [5.41, 5.74) is 2.08. The molecule has 2 rings (SSSR count). The van der Waals surface area contributed by atoms with Crippen molar-refractivity contribution < 1.29 is 0 Å². The van der Waals surface area contributed by atoms with Crippen molar-refractivity contribution >= 4 is 0 Å². The molecule has 0 aromatic carbocycles. The molecule has 1 N–H and O–H groups in total. The lowest BCUT2D eigenvalue weighted by atomic mass is 9.94. The predicted octanol–water partition coefficient (Wildman–Crippen LogP) is 2.12. The Morgan fingerprint density at radius 3 is 2.75 bits per heavy atom. The van der Waals surface area contributed by atoms with E-state index in [0.717, 1.165) is 5.92 Å². The third kappa shape index (κ3) is 0.962. The monoisotopic (exact) mass is 163 g/mol. The second-order valence-corrected chi connectivity index (χ2v) is 3.93. The molecule has 2 atom stereocenters. The van der Waals surface area contributed by atoms with Crippen LogP contribution in [0.2, 0.25) is 0 Å². The highest BCUT2D eigenvalue weighted by Crippen LogP contribution is 2.60. The van der Waals surface area contributed by atoms with Gasteiger partial charge in [-0.25, -0.2) is 0 Å². The highest BCUT2D eigenvalue weighted by atomic mass is 15.0. The highest BCUT2D eigenvalue weighted by molar-refractivity contribution is 5.36. The summed E-state index contributed by atoms with van der Waals surface area (Å²) in [4.78, 5) is 0. The van der Waals surface area contributed by atoms with Gasteiger partial charge in [0.15, 0.2) is 0 Å². The molecule has 0 spiro atoms. The molecule has 1 aliphatic heterocycles. The molecule has 0 radical (unpaired) electrons. The van der Waals surface area contributed by atoms with E-state index in [4.69, 9.17) is 0 Å². The van der Waals surface area contributed by atoms with Crippen LogP contribution in [0.4, 0.5) is 0 Å². The standard InChI is InChI=1S/C11H17N/c1-3-5-9(4-2)11-6-10(11)7-12-8-11/h3-5,10,12H,6-8H2,1-2H3/b5-3-,9-4+. The van der Waals surface area contributed by atoms with Crippen LogP contribution in [0.5, 0.6) is 0 Å². The van der Waals surface area contributed by atoms with E-state index >= 15 is 0 Å². The third-order valence-corrected chi connectivity index (χ3v) is 3.30. The average Bonchev–Trinajstić information content (AvgIpc) is 2.66. The van der Waals surface area contributed by atoms with E-state index in [1.165, 1.54) is 19.5 Å². The van der Waals surface area contributed by atoms with E-state index in [1.807, 2.05) is 0 Å². The maximum absolute atomic E-state index is 3.46. The molecule has 1 heteroatoms. The van der Waals surface area contributed by atoms with Gasteiger partial charge in [-0.1, -0.05) is 18.2 Å². The molecule has 12 heavy (non-hydrogen) atoms. The van der Waals surface area contributed by atoms with E-state index < -0.39 is 0 Å². The zero-order valence-electron chi connectivity index (χ0n) is 7.93. The normalized spacial score (nSPS) is 40.5. The molecule has 1 saturated carbocycles. The van der Waals surface area contributed by atoms with Crippen molar-refractivity contribution in [2.45, 2.75) is 20.3 Å². The average molecular weight is 163 g/mol. The fourth-order valence-corrected chi connectivity index (χ4v) is 2.52. The highest BCUT2D eigenvalue weighted by Gasteiger charge is 2.58. The minimum absolute atomic E-state index is 0.543. The third-order valence-electron chi connectivity index (χ3n) is 3.30. The van der Waals surface area contributed by atoms with Crippen molar-refractivity contribution in [2.75, 3.05) is 13.1 Å². The lowest BCUT2D eigenvalue weighted by molar-refractivity contribution is 0.619. The number of hydrogen-bond donors (Lipinski definition) is 1. The molecular formula is C11H17N. The van der Waals surface area contributed by atoms with E-state index in [-0.39, 0.29) is 0 Å². The summed E-state index contributed by atoms with van der Waals surface area (Å²) in [6.45, 7) is 6.67. The minimum Gasteiger partial charge on any atom is -0.316 e. The number of piperidine rings is 1. The first-order valence-corrected chi connectivity index (χ1v) is 4.83. The molecular weight excluding hydrogens is 146 g/mol. The second kappa shape index (κ2) is 2.74.